The highest BCUT2D eigenvalue weighted by atomic mass is 127. The van der Waals surface area contributed by atoms with E-state index in [2.05, 4.69) is 45.1 Å². The van der Waals surface area contributed by atoms with Crippen molar-refractivity contribution >= 4 is 44.8 Å². The maximum atomic E-state index is 12.6. The summed E-state index contributed by atoms with van der Waals surface area (Å²) in [5.41, 5.74) is 2.79. The van der Waals surface area contributed by atoms with Gasteiger partial charge >= 0.3 is 0 Å². The molecule has 0 atom stereocenters. The van der Waals surface area contributed by atoms with E-state index in [0.717, 1.165) is 25.5 Å². The Morgan fingerprint density at radius 2 is 2.09 bits per heavy atom. The number of carbonyl (C=O) groups excluding carboxylic acids is 1. The number of rotatable bonds is 3. The number of hydrogen-bond acceptors (Lipinski definition) is 3. The van der Waals surface area contributed by atoms with Crippen LogP contribution in [0.1, 0.15) is 26.6 Å². The van der Waals surface area contributed by atoms with Gasteiger partial charge in [-0.05, 0) is 48.6 Å². The van der Waals surface area contributed by atoms with Crippen LogP contribution in [0.2, 0.25) is 0 Å². The van der Waals surface area contributed by atoms with Gasteiger partial charge in [0.05, 0.1) is 23.5 Å². The van der Waals surface area contributed by atoms with E-state index in [9.17, 15) is 4.79 Å². The Bertz CT molecular complexity index is 852. The normalized spacial score (nSPS) is 11.1. The van der Waals surface area contributed by atoms with Crippen molar-refractivity contribution in [1.82, 2.24) is 14.3 Å². The summed E-state index contributed by atoms with van der Waals surface area (Å²) in [5, 5.41) is 0. The van der Waals surface area contributed by atoms with Crippen LogP contribution in [0, 0.1) is 17.4 Å². The molecule has 0 radical (unpaired) electrons. The molecular formula is C16H16IN3OS. The van der Waals surface area contributed by atoms with E-state index in [-0.39, 0.29) is 5.91 Å². The molecule has 0 N–H and O–H groups in total. The van der Waals surface area contributed by atoms with Crippen molar-refractivity contribution in [2.75, 3.05) is 7.05 Å². The van der Waals surface area contributed by atoms with Crippen molar-refractivity contribution in [3.8, 4) is 0 Å². The van der Waals surface area contributed by atoms with E-state index in [1.54, 1.807) is 16.2 Å². The second kappa shape index (κ2) is 6.00. The highest BCUT2D eigenvalue weighted by molar-refractivity contribution is 14.1. The van der Waals surface area contributed by atoms with Crippen molar-refractivity contribution in [3.05, 3.63) is 55.9 Å². The summed E-state index contributed by atoms with van der Waals surface area (Å²) >= 11 is 3.87. The number of thiazole rings is 1. The number of benzene rings is 1. The Kier molecular flexibility index (Phi) is 4.22. The lowest BCUT2D eigenvalue weighted by Gasteiger charge is -2.18. The van der Waals surface area contributed by atoms with E-state index < -0.39 is 0 Å². The lowest BCUT2D eigenvalue weighted by molar-refractivity contribution is 0.0782. The zero-order valence-electron chi connectivity index (χ0n) is 12.6. The third kappa shape index (κ3) is 2.77. The van der Waals surface area contributed by atoms with Gasteiger partial charge in [-0.2, -0.15) is 0 Å². The summed E-state index contributed by atoms with van der Waals surface area (Å²) in [7, 11) is 1.84. The highest BCUT2D eigenvalue weighted by Gasteiger charge is 2.18. The molecule has 3 aromatic rings. The minimum absolute atomic E-state index is 0.0336. The maximum Gasteiger partial charge on any atom is 0.255 e. The molecule has 114 valence electrons. The zero-order chi connectivity index (χ0) is 15.9. The van der Waals surface area contributed by atoms with Gasteiger partial charge in [0, 0.05) is 21.7 Å². The highest BCUT2D eigenvalue weighted by Crippen LogP contribution is 2.22. The number of amides is 1. The zero-order valence-corrected chi connectivity index (χ0v) is 15.6. The van der Waals surface area contributed by atoms with Crippen LogP contribution in [-0.4, -0.2) is 27.2 Å². The van der Waals surface area contributed by atoms with Crippen LogP contribution in [-0.2, 0) is 6.54 Å². The Balaban J connectivity index is 1.90. The van der Waals surface area contributed by atoms with Crippen molar-refractivity contribution < 1.29 is 4.79 Å². The average molecular weight is 425 g/mol. The Labute approximate surface area is 146 Å². The predicted octanol–water partition coefficient (Wildman–Crippen LogP) is 3.89. The summed E-state index contributed by atoms with van der Waals surface area (Å²) in [6.07, 6.45) is 2.08. The van der Waals surface area contributed by atoms with E-state index in [1.807, 2.05) is 38.2 Å². The van der Waals surface area contributed by atoms with Gasteiger partial charge in [0.2, 0.25) is 0 Å². The summed E-state index contributed by atoms with van der Waals surface area (Å²) in [6.45, 7) is 4.61. The number of halogens is 1. The number of hydrogen-bond donors (Lipinski definition) is 0. The fourth-order valence-corrected chi connectivity index (χ4v) is 3.94. The van der Waals surface area contributed by atoms with Crippen LogP contribution in [0.3, 0.4) is 0 Å². The lowest BCUT2D eigenvalue weighted by Crippen LogP contribution is -2.27. The van der Waals surface area contributed by atoms with Crippen LogP contribution in [0.4, 0.5) is 0 Å². The molecule has 4 nitrogen and oxygen atoms in total. The van der Waals surface area contributed by atoms with Crippen LogP contribution in [0.25, 0.3) is 4.96 Å². The average Bonchev–Trinajstić information content (AvgIpc) is 2.96. The fraction of sp³-hybridized carbons (Fsp3) is 0.250. The first-order valence-electron chi connectivity index (χ1n) is 6.91. The van der Waals surface area contributed by atoms with Gasteiger partial charge in [0.25, 0.3) is 5.91 Å². The first-order chi connectivity index (χ1) is 10.5. The maximum absolute atomic E-state index is 12.6. The molecule has 0 saturated carbocycles. The first kappa shape index (κ1) is 15.5. The standard InChI is InChI=1S/C16H16IN3OS/c1-10-8-20-14(11(2)18-16(20)22-10)9-19(3)15(21)12-6-4-5-7-13(12)17/h4-8H,9H2,1-3H3. The molecule has 0 bridgehead atoms. The number of imidazole rings is 1. The summed E-state index contributed by atoms with van der Waals surface area (Å²) in [6, 6.07) is 7.66. The molecular weight excluding hydrogens is 409 g/mol. The largest absolute Gasteiger partial charge is 0.336 e. The summed E-state index contributed by atoms with van der Waals surface area (Å²) in [5.74, 6) is 0.0336. The minimum Gasteiger partial charge on any atom is -0.336 e. The molecule has 2 heterocycles. The Hall–Kier alpha value is -1.41. The molecule has 22 heavy (non-hydrogen) atoms. The summed E-state index contributed by atoms with van der Waals surface area (Å²) < 4.78 is 3.06. The molecule has 1 amide bonds. The quantitative estimate of drug-likeness (QED) is 0.598. The van der Waals surface area contributed by atoms with Crippen LogP contribution < -0.4 is 0 Å². The molecule has 0 unspecified atom stereocenters. The third-order valence-electron chi connectivity index (χ3n) is 3.58. The third-order valence-corrected chi connectivity index (χ3v) is 5.42. The van der Waals surface area contributed by atoms with Crippen molar-refractivity contribution in [3.63, 3.8) is 0 Å². The van der Waals surface area contributed by atoms with Crippen molar-refractivity contribution in [2.45, 2.75) is 20.4 Å². The number of aryl methyl sites for hydroxylation is 2. The number of fused-ring (bicyclic) bond motifs is 1. The molecule has 3 rings (SSSR count). The van der Waals surface area contributed by atoms with Crippen molar-refractivity contribution in [2.24, 2.45) is 0 Å². The van der Waals surface area contributed by atoms with E-state index in [0.29, 0.717) is 6.54 Å². The minimum atomic E-state index is 0.0336. The lowest BCUT2D eigenvalue weighted by atomic mass is 10.2. The SMILES string of the molecule is Cc1cn2c(CN(C)C(=O)c3ccccc3I)c(C)nc2s1. The van der Waals surface area contributed by atoms with Crippen LogP contribution in [0.15, 0.2) is 30.5 Å². The predicted molar refractivity (Wildman–Crippen MR) is 97.5 cm³/mol. The second-order valence-electron chi connectivity index (χ2n) is 5.28. The van der Waals surface area contributed by atoms with Crippen LogP contribution >= 0.6 is 33.9 Å². The van der Waals surface area contributed by atoms with Crippen LogP contribution in [0.5, 0.6) is 0 Å². The number of nitrogens with zero attached hydrogens (tertiary/aromatic N) is 3. The Morgan fingerprint density at radius 1 is 1.36 bits per heavy atom. The van der Waals surface area contributed by atoms with Crippen molar-refractivity contribution in [1.29, 1.82) is 0 Å². The molecule has 0 aliphatic heterocycles. The molecule has 0 saturated heterocycles. The number of carbonyl (C=O) groups is 1. The molecule has 2 aromatic heterocycles. The molecule has 0 aliphatic rings. The smallest absolute Gasteiger partial charge is 0.255 e. The number of aromatic nitrogens is 2. The van der Waals surface area contributed by atoms with Gasteiger partial charge in [-0.3, -0.25) is 9.20 Å². The van der Waals surface area contributed by atoms with E-state index in [1.165, 1.54) is 4.88 Å². The van der Waals surface area contributed by atoms with Gasteiger partial charge in [-0.15, -0.1) is 11.3 Å². The van der Waals surface area contributed by atoms with Gasteiger partial charge in [0.1, 0.15) is 0 Å². The molecule has 0 spiro atoms. The van der Waals surface area contributed by atoms with Gasteiger partial charge in [-0.1, -0.05) is 12.1 Å². The van der Waals surface area contributed by atoms with Gasteiger partial charge in [-0.25, -0.2) is 4.98 Å². The monoisotopic (exact) mass is 425 g/mol. The van der Waals surface area contributed by atoms with Gasteiger partial charge in [0.15, 0.2) is 4.96 Å². The summed E-state index contributed by atoms with van der Waals surface area (Å²) in [4.78, 5) is 21.2. The van der Waals surface area contributed by atoms with E-state index in [4.69, 9.17) is 0 Å². The molecule has 1 aromatic carbocycles. The molecule has 6 heteroatoms. The van der Waals surface area contributed by atoms with E-state index >= 15 is 0 Å². The first-order valence-corrected chi connectivity index (χ1v) is 8.81. The topological polar surface area (TPSA) is 37.6 Å². The molecule has 0 aliphatic carbocycles. The fourth-order valence-electron chi connectivity index (χ4n) is 2.44. The van der Waals surface area contributed by atoms with Gasteiger partial charge < -0.3 is 4.90 Å². The Morgan fingerprint density at radius 3 is 2.82 bits per heavy atom. The molecule has 0 fully saturated rings. The second-order valence-corrected chi connectivity index (χ2v) is 7.65.